The minimum atomic E-state index is -0.943. The quantitative estimate of drug-likeness (QED) is 0.298. The second kappa shape index (κ2) is 12.0. The second-order valence-corrected chi connectivity index (χ2v) is 7.57. The molecule has 0 aliphatic rings. The molecule has 1 aromatic heterocycles. The lowest BCUT2D eigenvalue weighted by Crippen LogP contribution is -2.11. The molecule has 0 radical (unpaired) electrons. The van der Waals surface area contributed by atoms with Gasteiger partial charge in [-0.2, -0.15) is 0 Å². The van der Waals surface area contributed by atoms with E-state index in [0.29, 0.717) is 18.0 Å². The summed E-state index contributed by atoms with van der Waals surface area (Å²) in [4.78, 5) is 9.00. The minimum absolute atomic E-state index is 0.0731. The summed E-state index contributed by atoms with van der Waals surface area (Å²) in [5, 5.41) is 0. The lowest BCUT2D eigenvalue weighted by Gasteiger charge is -2.09. The highest BCUT2D eigenvalue weighted by Gasteiger charge is 2.07. The fraction of sp³-hybridized carbons (Fsp3) is 0.385. The molecule has 0 N–H and O–H groups in total. The van der Waals surface area contributed by atoms with Crippen LogP contribution < -0.4 is 9.47 Å². The van der Waals surface area contributed by atoms with Gasteiger partial charge in [0.05, 0.1) is 6.61 Å². The van der Waals surface area contributed by atoms with Gasteiger partial charge in [-0.25, -0.2) is 14.4 Å². The zero-order valence-corrected chi connectivity index (χ0v) is 18.4. The van der Waals surface area contributed by atoms with Crippen LogP contribution in [0.2, 0.25) is 0 Å². The Morgan fingerprint density at radius 2 is 1.35 bits per heavy atom. The maximum absolute atomic E-state index is 13.3. The molecule has 5 heteroatoms. The van der Waals surface area contributed by atoms with Gasteiger partial charge in [0, 0.05) is 23.5 Å². The molecule has 0 amide bonds. The van der Waals surface area contributed by atoms with Crippen LogP contribution in [-0.4, -0.2) is 29.4 Å². The molecule has 2 aromatic carbocycles. The summed E-state index contributed by atoms with van der Waals surface area (Å²) < 4.78 is 24.6. The molecule has 1 heterocycles. The van der Waals surface area contributed by atoms with Crippen LogP contribution >= 0.6 is 0 Å². The van der Waals surface area contributed by atoms with E-state index in [-0.39, 0.29) is 6.61 Å². The predicted molar refractivity (Wildman–Crippen MR) is 123 cm³/mol. The van der Waals surface area contributed by atoms with Gasteiger partial charge in [0.2, 0.25) is 0 Å². The van der Waals surface area contributed by atoms with E-state index in [1.807, 2.05) is 60.9 Å². The molecule has 3 aromatic rings. The second-order valence-electron chi connectivity index (χ2n) is 7.57. The van der Waals surface area contributed by atoms with Crippen LogP contribution in [0, 0.1) is 0 Å². The Morgan fingerprint density at radius 3 is 1.97 bits per heavy atom. The molecule has 0 saturated heterocycles. The number of nitrogens with zero attached hydrogens (tertiary/aromatic N) is 2. The minimum Gasteiger partial charge on any atom is -0.494 e. The first kappa shape index (κ1) is 22.7. The predicted octanol–water partition coefficient (Wildman–Crippen LogP) is 6.90. The molecule has 0 spiro atoms. The van der Waals surface area contributed by atoms with E-state index in [2.05, 4.69) is 16.9 Å². The number of rotatable bonds is 12. The van der Waals surface area contributed by atoms with E-state index in [1.165, 1.54) is 19.3 Å². The summed E-state index contributed by atoms with van der Waals surface area (Å²) in [7, 11) is 0. The number of benzene rings is 2. The van der Waals surface area contributed by atoms with Gasteiger partial charge in [0.15, 0.2) is 5.82 Å². The van der Waals surface area contributed by atoms with Gasteiger partial charge in [0.1, 0.15) is 24.3 Å². The van der Waals surface area contributed by atoms with Gasteiger partial charge in [0.25, 0.3) is 0 Å². The fourth-order valence-electron chi connectivity index (χ4n) is 3.09. The van der Waals surface area contributed by atoms with E-state index in [9.17, 15) is 4.39 Å². The first-order valence-electron chi connectivity index (χ1n) is 11.1. The number of ether oxygens (including phenoxy) is 2. The lowest BCUT2D eigenvalue weighted by atomic mass is 10.1. The van der Waals surface area contributed by atoms with Crippen molar-refractivity contribution in [1.82, 2.24) is 9.97 Å². The Kier molecular flexibility index (Phi) is 8.83. The molecule has 164 valence electrons. The molecular weight excluding hydrogens is 391 g/mol. The average molecular weight is 423 g/mol. The molecule has 0 fully saturated rings. The van der Waals surface area contributed by atoms with Crippen molar-refractivity contribution in [3.05, 3.63) is 60.9 Å². The monoisotopic (exact) mass is 422 g/mol. The van der Waals surface area contributed by atoms with Gasteiger partial charge in [-0.1, -0.05) is 45.2 Å². The smallest absolute Gasteiger partial charge is 0.159 e. The van der Waals surface area contributed by atoms with E-state index in [0.717, 1.165) is 35.5 Å². The van der Waals surface area contributed by atoms with Crippen LogP contribution in [0.15, 0.2) is 60.9 Å². The Hall–Kier alpha value is -2.95. The highest BCUT2D eigenvalue weighted by Crippen LogP contribution is 2.24. The van der Waals surface area contributed by atoms with Crippen LogP contribution in [0.3, 0.4) is 0 Å². The molecule has 0 bridgehead atoms. The zero-order chi connectivity index (χ0) is 21.9. The van der Waals surface area contributed by atoms with Crippen molar-refractivity contribution in [2.75, 3.05) is 13.2 Å². The summed E-state index contributed by atoms with van der Waals surface area (Å²) in [6, 6.07) is 15.4. The SMILES string of the molecule is CCCCCCOc1ccc(-c2cnc(-c3ccc(OCC(F)CC)cc3)nc2)cc1. The van der Waals surface area contributed by atoms with Crippen LogP contribution in [0.1, 0.15) is 46.0 Å². The third-order valence-electron chi connectivity index (χ3n) is 5.09. The van der Waals surface area contributed by atoms with Crippen molar-refractivity contribution in [3.8, 4) is 34.0 Å². The van der Waals surface area contributed by atoms with Gasteiger partial charge < -0.3 is 9.47 Å². The molecule has 3 rings (SSSR count). The molecular formula is C26H31FN2O2. The number of alkyl halides is 1. The number of hydrogen-bond acceptors (Lipinski definition) is 4. The Labute approximate surface area is 184 Å². The van der Waals surface area contributed by atoms with Gasteiger partial charge in [-0.3, -0.25) is 0 Å². The van der Waals surface area contributed by atoms with Crippen LogP contribution in [-0.2, 0) is 0 Å². The van der Waals surface area contributed by atoms with Gasteiger partial charge in [-0.05, 0) is 54.8 Å². The van der Waals surface area contributed by atoms with E-state index < -0.39 is 6.17 Å². The van der Waals surface area contributed by atoms with Crippen molar-refractivity contribution >= 4 is 0 Å². The summed E-state index contributed by atoms with van der Waals surface area (Å²) in [5.41, 5.74) is 2.88. The first-order chi connectivity index (χ1) is 15.2. The standard InChI is InChI=1S/C26H31FN2O2/c1-3-5-6-7-16-30-24-12-8-20(9-13-24)22-17-28-26(29-18-22)21-10-14-25(15-11-21)31-19-23(27)4-2/h8-15,17-18,23H,3-7,16,19H2,1-2H3. The molecule has 4 nitrogen and oxygen atoms in total. The van der Waals surface area contributed by atoms with Crippen molar-refractivity contribution in [1.29, 1.82) is 0 Å². The van der Waals surface area contributed by atoms with Crippen molar-refractivity contribution < 1.29 is 13.9 Å². The number of unbranched alkanes of at least 4 members (excludes halogenated alkanes) is 3. The summed E-state index contributed by atoms with van der Waals surface area (Å²) in [6.07, 6.45) is 7.95. The van der Waals surface area contributed by atoms with Crippen molar-refractivity contribution in [2.24, 2.45) is 0 Å². The van der Waals surface area contributed by atoms with Crippen molar-refractivity contribution in [2.45, 2.75) is 52.1 Å². The topological polar surface area (TPSA) is 44.2 Å². The van der Waals surface area contributed by atoms with E-state index in [4.69, 9.17) is 9.47 Å². The number of hydrogen-bond donors (Lipinski definition) is 0. The highest BCUT2D eigenvalue weighted by molar-refractivity contribution is 5.64. The zero-order valence-electron chi connectivity index (χ0n) is 18.4. The molecule has 1 atom stereocenters. The van der Waals surface area contributed by atoms with E-state index >= 15 is 0 Å². The van der Waals surface area contributed by atoms with Crippen LogP contribution in [0.4, 0.5) is 4.39 Å². The van der Waals surface area contributed by atoms with Gasteiger partial charge >= 0.3 is 0 Å². The average Bonchev–Trinajstić information content (AvgIpc) is 2.83. The van der Waals surface area contributed by atoms with Crippen LogP contribution in [0.25, 0.3) is 22.5 Å². The Bertz CT molecular complexity index is 896. The van der Waals surface area contributed by atoms with E-state index in [1.54, 1.807) is 6.92 Å². The van der Waals surface area contributed by atoms with Crippen LogP contribution in [0.5, 0.6) is 11.5 Å². The third-order valence-corrected chi connectivity index (χ3v) is 5.09. The van der Waals surface area contributed by atoms with Gasteiger partial charge in [-0.15, -0.1) is 0 Å². The maximum atomic E-state index is 13.3. The highest BCUT2D eigenvalue weighted by atomic mass is 19.1. The molecule has 0 saturated carbocycles. The summed E-state index contributed by atoms with van der Waals surface area (Å²) in [6.45, 7) is 4.84. The normalized spacial score (nSPS) is 11.8. The molecule has 0 aliphatic heterocycles. The largest absolute Gasteiger partial charge is 0.494 e. The fourth-order valence-corrected chi connectivity index (χ4v) is 3.09. The first-order valence-corrected chi connectivity index (χ1v) is 11.1. The number of halogens is 1. The summed E-state index contributed by atoms with van der Waals surface area (Å²) >= 11 is 0. The molecule has 0 aliphatic carbocycles. The Morgan fingerprint density at radius 1 is 0.742 bits per heavy atom. The van der Waals surface area contributed by atoms with Crippen molar-refractivity contribution in [3.63, 3.8) is 0 Å². The molecule has 31 heavy (non-hydrogen) atoms. The summed E-state index contributed by atoms with van der Waals surface area (Å²) in [5.74, 6) is 2.17. The lowest BCUT2D eigenvalue weighted by molar-refractivity contribution is 0.192. The number of aromatic nitrogens is 2. The molecule has 1 unspecified atom stereocenters. The maximum Gasteiger partial charge on any atom is 0.159 e. The Balaban J connectivity index is 1.56. The third kappa shape index (κ3) is 7.06.